The predicted octanol–water partition coefficient (Wildman–Crippen LogP) is 4.45. The number of carbonyl (C=O) groups is 2. The van der Waals surface area contributed by atoms with E-state index >= 15 is 0 Å². The molecule has 1 aliphatic heterocycles. The third-order valence-electron chi connectivity index (χ3n) is 5.04. The molecule has 1 aliphatic carbocycles. The topological polar surface area (TPSA) is 67.4 Å². The minimum atomic E-state index is -0.165. The highest BCUT2D eigenvalue weighted by Crippen LogP contribution is 2.39. The maximum absolute atomic E-state index is 12.5. The molecule has 0 unspecified atom stereocenters. The van der Waals surface area contributed by atoms with Crippen molar-refractivity contribution in [3.05, 3.63) is 58.5 Å². The number of hydrogen-bond donors (Lipinski definition) is 2. The van der Waals surface area contributed by atoms with Gasteiger partial charge in [0.15, 0.2) is 0 Å². The molecule has 0 atom stereocenters. The molecule has 2 aromatic carbocycles. The van der Waals surface area contributed by atoms with Gasteiger partial charge in [0.25, 0.3) is 11.8 Å². The Hall–Kier alpha value is -2.73. The van der Waals surface area contributed by atoms with Gasteiger partial charge in [-0.25, -0.2) is 0 Å². The smallest absolute Gasteiger partial charge is 0.262 e. The van der Waals surface area contributed by atoms with E-state index in [1.807, 2.05) is 42.5 Å². The maximum Gasteiger partial charge on any atom is 0.262 e. The minimum absolute atomic E-state index is 0.0754. The number of ether oxygens (including phenoxy) is 1. The Balaban J connectivity index is 1.51. The van der Waals surface area contributed by atoms with Crippen molar-refractivity contribution >= 4 is 35.3 Å². The van der Waals surface area contributed by atoms with E-state index < -0.39 is 0 Å². The number of carbonyl (C=O) groups excluding carboxylic acids is 2. The lowest BCUT2D eigenvalue weighted by atomic mass is 10.1. The monoisotopic (exact) mass is 394 g/mol. The quantitative estimate of drug-likeness (QED) is 0.752. The number of anilines is 1. The van der Waals surface area contributed by atoms with Crippen LogP contribution in [0.15, 0.2) is 52.3 Å². The predicted molar refractivity (Wildman–Crippen MR) is 112 cm³/mol. The molecule has 2 amide bonds. The number of nitrogens with one attached hydrogen (secondary N) is 2. The standard InChI is InChI=1S/C22H22N2O3S/c1-27-17-9-6-14(7-10-17)12-20-22(26)24-18-13-15(8-11-19(18)28-20)21(25)23-16-4-2-3-5-16/h6-13,16H,2-5H2,1H3,(H,23,25)(H,24,26)/b20-12+. The third-order valence-corrected chi connectivity index (χ3v) is 6.14. The molecule has 144 valence electrons. The molecule has 1 heterocycles. The van der Waals surface area contributed by atoms with Crippen LogP contribution in [0.25, 0.3) is 6.08 Å². The van der Waals surface area contributed by atoms with Crippen LogP contribution in [-0.2, 0) is 4.79 Å². The van der Waals surface area contributed by atoms with Crippen molar-refractivity contribution in [2.75, 3.05) is 12.4 Å². The molecule has 1 saturated carbocycles. The molecule has 5 nitrogen and oxygen atoms in total. The summed E-state index contributed by atoms with van der Waals surface area (Å²) in [6.45, 7) is 0. The van der Waals surface area contributed by atoms with Crippen molar-refractivity contribution in [2.24, 2.45) is 0 Å². The van der Waals surface area contributed by atoms with Gasteiger partial charge in [-0.15, -0.1) is 0 Å². The van der Waals surface area contributed by atoms with Crippen molar-refractivity contribution < 1.29 is 14.3 Å². The van der Waals surface area contributed by atoms with Gasteiger partial charge in [0.05, 0.1) is 17.7 Å². The third kappa shape index (κ3) is 4.07. The lowest BCUT2D eigenvalue weighted by Crippen LogP contribution is -2.32. The first-order valence-electron chi connectivity index (χ1n) is 9.42. The fourth-order valence-electron chi connectivity index (χ4n) is 3.49. The molecule has 6 heteroatoms. The molecular formula is C22H22N2O3S. The van der Waals surface area contributed by atoms with Crippen LogP contribution in [0.3, 0.4) is 0 Å². The molecule has 1 fully saturated rings. The van der Waals surface area contributed by atoms with Crippen molar-refractivity contribution in [1.82, 2.24) is 5.32 Å². The van der Waals surface area contributed by atoms with E-state index in [2.05, 4.69) is 10.6 Å². The van der Waals surface area contributed by atoms with Gasteiger partial charge in [0.2, 0.25) is 0 Å². The molecule has 0 spiro atoms. The lowest BCUT2D eigenvalue weighted by molar-refractivity contribution is -0.112. The highest BCUT2D eigenvalue weighted by atomic mass is 32.2. The van der Waals surface area contributed by atoms with Crippen molar-refractivity contribution in [1.29, 1.82) is 0 Å². The van der Waals surface area contributed by atoms with E-state index in [-0.39, 0.29) is 17.9 Å². The Bertz CT molecular complexity index is 931. The van der Waals surface area contributed by atoms with Crippen LogP contribution in [0, 0.1) is 0 Å². The summed E-state index contributed by atoms with van der Waals surface area (Å²) in [4.78, 5) is 26.5. The summed E-state index contributed by atoms with van der Waals surface area (Å²) >= 11 is 1.41. The molecular weight excluding hydrogens is 372 g/mol. The molecule has 2 N–H and O–H groups in total. The minimum Gasteiger partial charge on any atom is -0.497 e. The molecule has 2 aliphatic rings. The lowest BCUT2D eigenvalue weighted by Gasteiger charge is -2.20. The van der Waals surface area contributed by atoms with Gasteiger partial charge in [-0.2, -0.15) is 0 Å². The Morgan fingerprint density at radius 1 is 1.18 bits per heavy atom. The van der Waals surface area contributed by atoms with E-state index in [1.165, 1.54) is 24.6 Å². The van der Waals surface area contributed by atoms with Crippen LogP contribution in [0.2, 0.25) is 0 Å². The van der Waals surface area contributed by atoms with Crippen LogP contribution in [0.5, 0.6) is 5.75 Å². The summed E-state index contributed by atoms with van der Waals surface area (Å²) in [6, 6.07) is 13.3. The molecule has 0 saturated heterocycles. The fraction of sp³-hybridized carbons (Fsp3) is 0.273. The van der Waals surface area contributed by atoms with Gasteiger partial charge in [-0.3, -0.25) is 9.59 Å². The van der Waals surface area contributed by atoms with Crippen LogP contribution < -0.4 is 15.4 Å². The second kappa shape index (κ2) is 8.10. The van der Waals surface area contributed by atoms with Gasteiger partial charge < -0.3 is 15.4 Å². The van der Waals surface area contributed by atoms with E-state index in [9.17, 15) is 9.59 Å². The zero-order valence-corrected chi connectivity index (χ0v) is 16.5. The van der Waals surface area contributed by atoms with Gasteiger partial charge in [0.1, 0.15) is 5.75 Å². The van der Waals surface area contributed by atoms with Gasteiger partial charge in [-0.05, 0) is 54.8 Å². The molecule has 28 heavy (non-hydrogen) atoms. The van der Waals surface area contributed by atoms with Crippen LogP contribution in [0.4, 0.5) is 5.69 Å². The summed E-state index contributed by atoms with van der Waals surface area (Å²) in [5, 5.41) is 5.99. The number of benzene rings is 2. The Morgan fingerprint density at radius 3 is 2.64 bits per heavy atom. The molecule has 0 radical (unpaired) electrons. The van der Waals surface area contributed by atoms with Gasteiger partial charge in [-0.1, -0.05) is 36.7 Å². The fourth-order valence-corrected chi connectivity index (χ4v) is 4.42. The van der Waals surface area contributed by atoms with Crippen molar-refractivity contribution in [3.63, 3.8) is 0 Å². The van der Waals surface area contributed by atoms with E-state index in [0.717, 1.165) is 29.1 Å². The van der Waals surface area contributed by atoms with Gasteiger partial charge in [0, 0.05) is 16.5 Å². The van der Waals surface area contributed by atoms with Crippen LogP contribution >= 0.6 is 11.8 Å². The number of methoxy groups -OCH3 is 1. The van der Waals surface area contributed by atoms with Crippen molar-refractivity contribution in [3.8, 4) is 5.75 Å². The largest absolute Gasteiger partial charge is 0.497 e. The number of fused-ring (bicyclic) bond motifs is 1. The first-order chi connectivity index (χ1) is 13.6. The van der Waals surface area contributed by atoms with Gasteiger partial charge >= 0.3 is 0 Å². The summed E-state index contributed by atoms with van der Waals surface area (Å²) < 4.78 is 5.16. The Kier molecular flexibility index (Phi) is 5.39. The average Bonchev–Trinajstić information content (AvgIpc) is 3.22. The van der Waals surface area contributed by atoms with Crippen LogP contribution in [-0.4, -0.2) is 25.0 Å². The average molecular weight is 394 g/mol. The van der Waals surface area contributed by atoms with E-state index in [0.29, 0.717) is 16.2 Å². The first kappa shape index (κ1) is 18.6. The SMILES string of the molecule is COc1ccc(/C=C2/Sc3ccc(C(=O)NC4CCCC4)cc3NC2=O)cc1. The highest BCUT2D eigenvalue weighted by Gasteiger charge is 2.23. The Morgan fingerprint density at radius 2 is 1.93 bits per heavy atom. The summed E-state index contributed by atoms with van der Waals surface area (Å²) in [6.07, 6.45) is 6.28. The summed E-state index contributed by atoms with van der Waals surface area (Å²) in [5.41, 5.74) is 2.18. The zero-order chi connectivity index (χ0) is 19.5. The highest BCUT2D eigenvalue weighted by molar-refractivity contribution is 8.04. The maximum atomic E-state index is 12.5. The first-order valence-corrected chi connectivity index (χ1v) is 10.2. The Labute approximate surface area is 168 Å². The zero-order valence-electron chi connectivity index (χ0n) is 15.7. The second-order valence-electron chi connectivity index (χ2n) is 7.00. The number of rotatable bonds is 4. The second-order valence-corrected chi connectivity index (χ2v) is 8.09. The number of thioether (sulfide) groups is 1. The van der Waals surface area contributed by atoms with Crippen LogP contribution in [0.1, 0.15) is 41.6 Å². The molecule has 2 aromatic rings. The number of amides is 2. The summed E-state index contributed by atoms with van der Waals surface area (Å²) in [7, 11) is 1.62. The summed E-state index contributed by atoms with van der Waals surface area (Å²) in [5.74, 6) is 0.534. The van der Waals surface area contributed by atoms with E-state index in [4.69, 9.17) is 4.74 Å². The number of hydrogen-bond acceptors (Lipinski definition) is 4. The molecule has 4 rings (SSSR count). The molecule has 0 bridgehead atoms. The van der Waals surface area contributed by atoms with Crippen molar-refractivity contribution in [2.45, 2.75) is 36.6 Å². The van der Waals surface area contributed by atoms with E-state index in [1.54, 1.807) is 13.2 Å². The molecule has 0 aromatic heterocycles. The normalized spacial score (nSPS) is 17.9.